The number of halogens is 1. The topological polar surface area (TPSA) is 64.3 Å². The highest BCUT2D eigenvalue weighted by molar-refractivity contribution is 5.75. The molecule has 4 nitrogen and oxygen atoms in total. The largest absolute Gasteiger partial charge is 0.481 e. The van der Waals surface area contributed by atoms with E-state index in [1.54, 1.807) is 6.07 Å². The van der Waals surface area contributed by atoms with Crippen LogP contribution in [0.4, 0.5) is 10.1 Å². The molecule has 2 aliphatic rings. The first-order valence-electron chi connectivity index (χ1n) is 6.32. The Morgan fingerprint density at radius 2 is 2.26 bits per heavy atom. The zero-order valence-electron chi connectivity index (χ0n) is 10.2. The van der Waals surface area contributed by atoms with Crippen LogP contribution >= 0.6 is 0 Å². The fourth-order valence-electron chi connectivity index (χ4n) is 3.45. The molecule has 2 aliphatic heterocycles. The molecule has 1 aromatic rings. The molecule has 98 valence electrons. The predicted octanol–water partition coefficient (Wildman–Crippen LogP) is 2.14. The number of carboxylic acids is 1. The van der Waals surface area contributed by atoms with Crippen LogP contribution < -0.4 is 4.90 Å². The average Bonchev–Trinajstić information content (AvgIpc) is 2.96. The first-order valence-corrected chi connectivity index (χ1v) is 6.32. The van der Waals surface area contributed by atoms with Gasteiger partial charge in [0.1, 0.15) is 11.9 Å². The summed E-state index contributed by atoms with van der Waals surface area (Å²) in [6.45, 7) is 0. The number of fused-ring (bicyclic) bond motifs is 2. The fourth-order valence-corrected chi connectivity index (χ4v) is 3.45. The number of benzene rings is 1. The average molecular weight is 260 g/mol. The van der Waals surface area contributed by atoms with Gasteiger partial charge in [-0.3, -0.25) is 4.79 Å². The van der Waals surface area contributed by atoms with Crippen molar-refractivity contribution >= 4 is 11.7 Å². The van der Waals surface area contributed by atoms with Crippen molar-refractivity contribution in [2.24, 2.45) is 5.92 Å². The second kappa shape index (κ2) is 4.23. The van der Waals surface area contributed by atoms with Gasteiger partial charge in [-0.1, -0.05) is 0 Å². The number of hydrogen-bond donors (Lipinski definition) is 1. The molecule has 2 bridgehead atoms. The van der Waals surface area contributed by atoms with E-state index in [4.69, 9.17) is 5.26 Å². The number of nitrogens with zero attached hydrogens (tertiary/aromatic N) is 2. The van der Waals surface area contributed by atoms with Crippen LogP contribution in [0.5, 0.6) is 0 Å². The maximum Gasteiger partial charge on any atom is 0.308 e. The van der Waals surface area contributed by atoms with Gasteiger partial charge in [0.15, 0.2) is 0 Å². The minimum Gasteiger partial charge on any atom is -0.481 e. The highest BCUT2D eigenvalue weighted by Gasteiger charge is 2.49. The van der Waals surface area contributed by atoms with Gasteiger partial charge < -0.3 is 10.0 Å². The smallest absolute Gasteiger partial charge is 0.308 e. The molecule has 3 rings (SSSR count). The first kappa shape index (κ1) is 12.0. The van der Waals surface area contributed by atoms with E-state index in [1.165, 1.54) is 12.1 Å². The predicted molar refractivity (Wildman–Crippen MR) is 66.1 cm³/mol. The Morgan fingerprint density at radius 1 is 1.47 bits per heavy atom. The number of nitriles is 1. The van der Waals surface area contributed by atoms with Crippen LogP contribution in [0.25, 0.3) is 0 Å². The van der Waals surface area contributed by atoms with Crippen LogP contribution in [0, 0.1) is 23.1 Å². The fraction of sp³-hybridized carbons (Fsp3) is 0.429. The monoisotopic (exact) mass is 260 g/mol. The number of aliphatic carboxylic acids is 1. The summed E-state index contributed by atoms with van der Waals surface area (Å²) in [5.74, 6) is -1.60. The van der Waals surface area contributed by atoms with Crippen molar-refractivity contribution in [3.63, 3.8) is 0 Å². The Labute approximate surface area is 110 Å². The number of carbonyl (C=O) groups is 1. The molecule has 0 saturated carbocycles. The Kier molecular flexibility index (Phi) is 2.67. The number of hydrogen-bond acceptors (Lipinski definition) is 3. The van der Waals surface area contributed by atoms with Crippen molar-refractivity contribution < 1.29 is 14.3 Å². The summed E-state index contributed by atoms with van der Waals surface area (Å²) in [4.78, 5) is 13.2. The van der Waals surface area contributed by atoms with Crippen LogP contribution in [-0.2, 0) is 4.79 Å². The summed E-state index contributed by atoms with van der Waals surface area (Å²) < 4.78 is 13.2. The SMILES string of the molecule is N#Cc1cc(F)ccc1N1C2CCC1C(C(=O)O)C2. The Morgan fingerprint density at radius 3 is 2.89 bits per heavy atom. The lowest BCUT2D eigenvalue weighted by molar-refractivity contribution is -0.142. The molecule has 1 aromatic carbocycles. The van der Waals surface area contributed by atoms with Crippen molar-refractivity contribution in [1.29, 1.82) is 5.26 Å². The Hall–Kier alpha value is -2.09. The molecule has 2 heterocycles. The quantitative estimate of drug-likeness (QED) is 0.884. The van der Waals surface area contributed by atoms with Crippen LogP contribution in [0.1, 0.15) is 24.8 Å². The second-order valence-electron chi connectivity index (χ2n) is 5.16. The summed E-state index contributed by atoms with van der Waals surface area (Å²) in [6.07, 6.45) is 2.38. The highest BCUT2D eigenvalue weighted by atomic mass is 19.1. The summed E-state index contributed by atoms with van der Waals surface area (Å²) in [5, 5.41) is 18.3. The molecular weight excluding hydrogens is 247 g/mol. The maximum atomic E-state index is 13.2. The Bertz CT molecular complexity index is 581. The van der Waals surface area contributed by atoms with Crippen molar-refractivity contribution in [2.45, 2.75) is 31.3 Å². The summed E-state index contributed by atoms with van der Waals surface area (Å²) >= 11 is 0. The van der Waals surface area contributed by atoms with Gasteiger partial charge in [0.25, 0.3) is 0 Å². The molecule has 0 aromatic heterocycles. The molecule has 0 spiro atoms. The second-order valence-corrected chi connectivity index (χ2v) is 5.16. The van der Waals surface area contributed by atoms with Gasteiger partial charge in [-0.15, -0.1) is 0 Å². The molecule has 3 unspecified atom stereocenters. The summed E-state index contributed by atoms with van der Waals surface area (Å²) in [5.41, 5.74) is 0.947. The zero-order valence-corrected chi connectivity index (χ0v) is 10.2. The third kappa shape index (κ3) is 1.75. The summed E-state index contributed by atoms with van der Waals surface area (Å²) in [7, 11) is 0. The van der Waals surface area contributed by atoms with Crippen LogP contribution in [0.2, 0.25) is 0 Å². The van der Waals surface area contributed by atoms with Gasteiger partial charge in [0.05, 0.1) is 17.2 Å². The molecule has 2 saturated heterocycles. The van der Waals surface area contributed by atoms with Crippen LogP contribution in [0.15, 0.2) is 18.2 Å². The van der Waals surface area contributed by atoms with Gasteiger partial charge in [-0.25, -0.2) is 4.39 Å². The number of rotatable bonds is 2. The van der Waals surface area contributed by atoms with E-state index in [0.717, 1.165) is 12.8 Å². The number of anilines is 1. The standard InChI is InChI=1S/C14H13FN2O2/c15-9-1-3-12(8(5-9)7-16)17-10-2-4-13(17)11(6-10)14(18)19/h1,3,5,10-11,13H,2,4,6H2,(H,18,19). The van der Waals surface area contributed by atoms with Gasteiger partial charge >= 0.3 is 5.97 Å². The third-order valence-corrected chi connectivity index (χ3v) is 4.21. The normalized spacial score (nSPS) is 28.4. The zero-order chi connectivity index (χ0) is 13.6. The van der Waals surface area contributed by atoms with Crippen LogP contribution in [-0.4, -0.2) is 23.2 Å². The molecule has 5 heteroatoms. The molecule has 0 radical (unpaired) electrons. The van der Waals surface area contributed by atoms with Crippen molar-refractivity contribution in [1.82, 2.24) is 0 Å². The van der Waals surface area contributed by atoms with E-state index in [1.807, 2.05) is 11.0 Å². The Balaban J connectivity index is 2.00. The van der Waals surface area contributed by atoms with Gasteiger partial charge in [0, 0.05) is 12.1 Å². The van der Waals surface area contributed by atoms with Gasteiger partial charge in [-0.2, -0.15) is 5.26 Å². The van der Waals surface area contributed by atoms with Gasteiger partial charge in [-0.05, 0) is 37.5 Å². The lowest BCUT2D eigenvalue weighted by Crippen LogP contribution is -2.33. The first-order chi connectivity index (χ1) is 9.11. The molecule has 1 N–H and O–H groups in total. The van der Waals surface area contributed by atoms with Gasteiger partial charge in [0.2, 0.25) is 0 Å². The number of carboxylic acid groups (broad SMARTS) is 1. The molecule has 19 heavy (non-hydrogen) atoms. The minimum atomic E-state index is -0.780. The maximum absolute atomic E-state index is 13.2. The van der Waals surface area contributed by atoms with E-state index < -0.39 is 11.8 Å². The highest BCUT2D eigenvalue weighted by Crippen LogP contribution is 2.45. The van der Waals surface area contributed by atoms with E-state index >= 15 is 0 Å². The van der Waals surface area contributed by atoms with Crippen molar-refractivity contribution in [3.05, 3.63) is 29.6 Å². The molecular formula is C14H13FN2O2. The minimum absolute atomic E-state index is 0.0694. The molecule has 3 atom stereocenters. The molecule has 0 aliphatic carbocycles. The summed E-state index contributed by atoms with van der Waals surface area (Å²) in [6, 6.07) is 6.20. The van der Waals surface area contributed by atoms with E-state index in [2.05, 4.69) is 0 Å². The lowest BCUT2D eigenvalue weighted by atomic mass is 9.89. The molecule has 2 fully saturated rings. The van der Waals surface area contributed by atoms with Crippen molar-refractivity contribution in [3.8, 4) is 6.07 Å². The third-order valence-electron chi connectivity index (χ3n) is 4.21. The van der Waals surface area contributed by atoms with E-state index in [9.17, 15) is 14.3 Å². The van der Waals surface area contributed by atoms with E-state index in [0.29, 0.717) is 12.1 Å². The lowest BCUT2D eigenvalue weighted by Gasteiger charge is -2.26. The van der Waals surface area contributed by atoms with Crippen molar-refractivity contribution in [2.75, 3.05) is 4.90 Å². The molecule has 0 amide bonds. The van der Waals surface area contributed by atoms with Crippen LogP contribution in [0.3, 0.4) is 0 Å². The van der Waals surface area contributed by atoms with E-state index in [-0.39, 0.29) is 23.6 Å².